The maximum Gasteiger partial charge on any atom is 0.266 e. The molecule has 0 atom stereocenters. The Balaban J connectivity index is 1.21. The zero-order chi connectivity index (χ0) is 19.6. The lowest BCUT2D eigenvalue weighted by molar-refractivity contribution is 0.163. The summed E-state index contributed by atoms with van der Waals surface area (Å²) in [7, 11) is 0. The number of aryl methyl sites for hydroxylation is 1. The van der Waals surface area contributed by atoms with Crippen LogP contribution in [0.1, 0.15) is 30.5 Å². The maximum atomic E-state index is 12.3. The first-order valence-corrected chi connectivity index (χ1v) is 10.5. The first kappa shape index (κ1) is 18.2. The lowest BCUT2D eigenvalue weighted by atomic mass is 9.96. The van der Waals surface area contributed by atoms with E-state index in [2.05, 4.69) is 31.0 Å². The smallest absolute Gasteiger partial charge is 0.266 e. The molecule has 29 heavy (non-hydrogen) atoms. The van der Waals surface area contributed by atoms with Gasteiger partial charge in [-0.1, -0.05) is 0 Å². The highest BCUT2D eigenvalue weighted by molar-refractivity contribution is 5.56. The molecule has 7 heteroatoms. The number of nitrogens with zero attached hydrogens (tertiary/aromatic N) is 6. The van der Waals surface area contributed by atoms with Gasteiger partial charge in [0.15, 0.2) is 0 Å². The van der Waals surface area contributed by atoms with E-state index in [9.17, 15) is 4.79 Å². The van der Waals surface area contributed by atoms with E-state index in [1.165, 1.54) is 17.7 Å². The Morgan fingerprint density at radius 2 is 1.86 bits per heavy atom. The van der Waals surface area contributed by atoms with Gasteiger partial charge < -0.3 is 0 Å². The van der Waals surface area contributed by atoms with Crippen molar-refractivity contribution in [2.45, 2.75) is 45.3 Å². The topological polar surface area (TPSA) is 68.8 Å². The van der Waals surface area contributed by atoms with E-state index in [4.69, 9.17) is 0 Å². The molecule has 2 aliphatic heterocycles. The van der Waals surface area contributed by atoms with Crippen LogP contribution in [-0.4, -0.2) is 42.5 Å². The highest BCUT2D eigenvalue weighted by Crippen LogP contribution is 2.24. The van der Waals surface area contributed by atoms with Gasteiger partial charge in [-0.25, -0.2) is 4.68 Å². The molecule has 5 rings (SSSR count). The quantitative estimate of drug-likeness (QED) is 0.669. The average Bonchev–Trinajstić information content (AvgIpc) is 3.37. The van der Waals surface area contributed by atoms with Gasteiger partial charge >= 0.3 is 0 Å². The summed E-state index contributed by atoms with van der Waals surface area (Å²) >= 11 is 0. The molecule has 7 nitrogen and oxygen atoms in total. The summed E-state index contributed by atoms with van der Waals surface area (Å²) < 4.78 is 3.80. The monoisotopic (exact) mass is 390 g/mol. The molecule has 1 fully saturated rings. The fourth-order valence-corrected chi connectivity index (χ4v) is 4.53. The Morgan fingerprint density at radius 1 is 1.03 bits per heavy atom. The van der Waals surface area contributed by atoms with Crippen LogP contribution in [0.4, 0.5) is 0 Å². The van der Waals surface area contributed by atoms with Gasteiger partial charge in [0, 0.05) is 54.9 Å². The molecule has 3 aromatic heterocycles. The molecule has 2 aliphatic rings. The minimum absolute atomic E-state index is 0.0271. The van der Waals surface area contributed by atoms with Crippen molar-refractivity contribution >= 4 is 0 Å². The molecule has 1 saturated heterocycles. The van der Waals surface area contributed by atoms with Crippen molar-refractivity contribution in [1.82, 2.24) is 29.4 Å². The lowest BCUT2D eigenvalue weighted by Gasteiger charge is -2.31. The molecule has 0 N–H and O–H groups in total. The second kappa shape index (κ2) is 7.91. The van der Waals surface area contributed by atoms with Crippen molar-refractivity contribution < 1.29 is 0 Å². The van der Waals surface area contributed by atoms with Gasteiger partial charge in [0.1, 0.15) is 0 Å². The van der Waals surface area contributed by atoms with Crippen molar-refractivity contribution in [2.75, 3.05) is 13.1 Å². The average molecular weight is 390 g/mol. The number of fused-ring (bicyclic) bond motifs is 1. The Kier molecular flexibility index (Phi) is 4.97. The minimum Gasteiger partial charge on any atom is -0.299 e. The zero-order valence-corrected chi connectivity index (χ0v) is 16.6. The molecule has 0 unspecified atom stereocenters. The van der Waals surface area contributed by atoms with E-state index in [0.29, 0.717) is 12.5 Å². The van der Waals surface area contributed by atoms with E-state index >= 15 is 0 Å². The molecule has 3 aromatic rings. The van der Waals surface area contributed by atoms with Crippen LogP contribution < -0.4 is 5.56 Å². The van der Waals surface area contributed by atoms with Crippen LogP contribution >= 0.6 is 0 Å². The lowest BCUT2D eigenvalue weighted by Crippen LogP contribution is -2.36. The Bertz CT molecular complexity index is 1030. The van der Waals surface area contributed by atoms with Gasteiger partial charge in [-0.15, -0.1) is 0 Å². The van der Waals surface area contributed by atoms with Crippen molar-refractivity contribution in [3.05, 3.63) is 64.5 Å². The summed E-state index contributed by atoms with van der Waals surface area (Å²) in [6.45, 7) is 4.88. The fourth-order valence-electron chi connectivity index (χ4n) is 4.53. The normalized spacial score (nSPS) is 17.5. The highest BCUT2D eigenvalue weighted by Gasteiger charge is 2.23. The predicted octanol–water partition coefficient (Wildman–Crippen LogP) is 2.36. The number of hydrogen-bond donors (Lipinski definition) is 0. The van der Waals surface area contributed by atoms with Crippen molar-refractivity contribution in [3.63, 3.8) is 0 Å². The molecule has 150 valence electrons. The molecular weight excluding hydrogens is 364 g/mol. The maximum absolute atomic E-state index is 12.3. The molecule has 0 spiro atoms. The second-order valence-corrected chi connectivity index (χ2v) is 8.14. The number of rotatable bonds is 5. The third kappa shape index (κ3) is 3.87. The van der Waals surface area contributed by atoms with Crippen molar-refractivity contribution in [3.8, 4) is 11.3 Å². The summed E-state index contributed by atoms with van der Waals surface area (Å²) in [4.78, 5) is 18.9. The summed E-state index contributed by atoms with van der Waals surface area (Å²) in [5.41, 5.74) is 4.59. The Labute approximate surface area is 170 Å². The standard InChI is InChI=1S/C22H26N6O/c29-22-4-3-20(18-5-9-23-10-6-18)25-28(22)15-17-7-12-26(13-8-17)16-19-14-24-27-11-1-2-21(19)27/h3-6,9-10,14,17H,1-2,7-8,11-13,15-16H2. The predicted molar refractivity (Wildman–Crippen MR) is 110 cm³/mol. The number of aromatic nitrogens is 5. The van der Waals surface area contributed by atoms with E-state index in [0.717, 1.165) is 56.7 Å². The zero-order valence-electron chi connectivity index (χ0n) is 16.6. The molecule has 5 heterocycles. The van der Waals surface area contributed by atoms with Crippen LogP contribution in [0.5, 0.6) is 0 Å². The minimum atomic E-state index is -0.0271. The molecule has 0 saturated carbocycles. The van der Waals surface area contributed by atoms with E-state index in [1.807, 2.05) is 12.1 Å². The summed E-state index contributed by atoms with van der Waals surface area (Å²) in [5.74, 6) is 0.488. The SMILES string of the molecule is O=c1ccc(-c2ccncc2)nn1CC1CCN(Cc2cnn3c2CCC3)CC1. The third-order valence-corrected chi connectivity index (χ3v) is 6.19. The molecular formula is C22H26N6O. The summed E-state index contributed by atoms with van der Waals surface area (Å²) in [5, 5.41) is 9.12. The van der Waals surface area contributed by atoms with Crippen LogP contribution in [0.3, 0.4) is 0 Å². The first-order valence-electron chi connectivity index (χ1n) is 10.5. The number of piperidine rings is 1. The number of pyridine rings is 1. The Hall–Kier alpha value is -2.80. The van der Waals surface area contributed by atoms with Crippen LogP contribution in [0.15, 0.2) is 47.7 Å². The molecule has 0 amide bonds. The second-order valence-electron chi connectivity index (χ2n) is 8.14. The van der Waals surface area contributed by atoms with Gasteiger partial charge in [-0.3, -0.25) is 19.4 Å². The van der Waals surface area contributed by atoms with Crippen molar-refractivity contribution in [2.24, 2.45) is 5.92 Å². The fraction of sp³-hybridized carbons (Fsp3) is 0.455. The van der Waals surface area contributed by atoms with Crippen LogP contribution in [0.25, 0.3) is 11.3 Å². The highest BCUT2D eigenvalue weighted by atomic mass is 16.1. The summed E-state index contributed by atoms with van der Waals surface area (Å²) in [6, 6.07) is 7.26. The molecule has 0 aromatic carbocycles. The van der Waals surface area contributed by atoms with Gasteiger partial charge in [-0.05, 0) is 62.9 Å². The van der Waals surface area contributed by atoms with E-state index in [1.54, 1.807) is 29.2 Å². The number of likely N-dealkylation sites (tertiary alicyclic amines) is 1. The van der Waals surface area contributed by atoms with Gasteiger partial charge in [0.25, 0.3) is 5.56 Å². The van der Waals surface area contributed by atoms with Crippen LogP contribution in [-0.2, 0) is 26.1 Å². The molecule has 0 bridgehead atoms. The van der Waals surface area contributed by atoms with Crippen molar-refractivity contribution in [1.29, 1.82) is 0 Å². The third-order valence-electron chi connectivity index (χ3n) is 6.19. The Morgan fingerprint density at radius 3 is 2.69 bits per heavy atom. The summed E-state index contributed by atoms with van der Waals surface area (Å²) in [6.07, 6.45) is 10.1. The van der Waals surface area contributed by atoms with Gasteiger partial charge in [0.05, 0.1) is 11.9 Å². The van der Waals surface area contributed by atoms with Gasteiger partial charge in [0.2, 0.25) is 0 Å². The van der Waals surface area contributed by atoms with Crippen LogP contribution in [0.2, 0.25) is 0 Å². The van der Waals surface area contributed by atoms with Crippen LogP contribution in [0, 0.1) is 5.92 Å². The van der Waals surface area contributed by atoms with E-state index in [-0.39, 0.29) is 5.56 Å². The number of hydrogen-bond acceptors (Lipinski definition) is 5. The van der Waals surface area contributed by atoms with E-state index < -0.39 is 0 Å². The largest absolute Gasteiger partial charge is 0.299 e. The molecule has 0 aliphatic carbocycles. The van der Waals surface area contributed by atoms with Gasteiger partial charge in [-0.2, -0.15) is 10.2 Å². The first-order chi connectivity index (χ1) is 14.3. The molecule has 0 radical (unpaired) electrons.